The first-order valence-electron chi connectivity index (χ1n) is 5.13. The Hall–Kier alpha value is -0.940. The topological polar surface area (TPSA) is 42.1 Å². The van der Waals surface area contributed by atoms with Gasteiger partial charge in [0.25, 0.3) is 0 Å². The number of esters is 1. The van der Waals surface area contributed by atoms with Crippen LogP contribution in [0.25, 0.3) is 10.9 Å². The van der Waals surface area contributed by atoms with E-state index in [0.29, 0.717) is 5.75 Å². The number of hydrogen-bond donors (Lipinski definition) is 1. The van der Waals surface area contributed by atoms with Crippen molar-refractivity contribution in [1.29, 1.82) is 0 Å². The van der Waals surface area contributed by atoms with Crippen molar-refractivity contribution in [2.24, 2.45) is 0 Å². The maximum atomic E-state index is 11.2. The first-order chi connectivity index (χ1) is 8.20. The predicted octanol–water partition coefficient (Wildman–Crippen LogP) is 3.20. The van der Waals surface area contributed by atoms with Crippen LogP contribution in [0.1, 0.15) is 0 Å². The molecule has 1 heterocycles. The minimum atomic E-state index is -0.274. The number of nitrogens with one attached hydrogen (secondary N) is 1. The monoisotopic (exact) mass is 313 g/mol. The van der Waals surface area contributed by atoms with Gasteiger partial charge in [0.15, 0.2) is 0 Å². The van der Waals surface area contributed by atoms with Crippen molar-refractivity contribution < 1.29 is 9.53 Å². The van der Waals surface area contributed by atoms with Crippen molar-refractivity contribution in [3.05, 3.63) is 30.3 Å². The standard InChI is InChI=1S/C12H12BrNO2S/c1-16-12(15)9(13)7-17-11-6-8-4-2-3-5-10(8)14-11/h2-6,9,14H,7H2,1H3. The Morgan fingerprint density at radius 2 is 2.29 bits per heavy atom. The van der Waals surface area contributed by atoms with Crippen molar-refractivity contribution in [1.82, 2.24) is 4.98 Å². The van der Waals surface area contributed by atoms with Gasteiger partial charge in [0.1, 0.15) is 4.83 Å². The van der Waals surface area contributed by atoms with Gasteiger partial charge in [-0.05, 0) is 12.1 Å². The van der Waals surface area contributed by atoms with Gasteiger partial charge in [-0.3, -0.25) is 4.79 Å². The largest absolute Gasteiger partial charge is 0.468 e. The third-order valence-electron chi connectivity index (χ3n) is 2.35. The molecule has 1 unspecified atom stereocenters. The lowest BCUT2D eigenvalue weighted by molar-refractivity contribution is -0.139. The van der Waals surface area contributed by atoms with Gasteiger partial charge in [-0.15, -0.1) is 11.8 Å². The molecule has 1 N–H and O–H groups in total. The fraction of sp³-hybridized carbons (Fsp3) is 0.250. The summed E-state index contributed by atoms with van der Waals surface area (Å²) >= 11 is 4.89. The number of fused-ring (bicyclic) bond motifs is 1. The van der Waals surface area contributed by atoms with Crippen LogP contribution in [0.4, 0.5) is 0 Å². The number of alkyl halides is 1. The highest BCUT2D eigenvalue weighted by molar-refractivity contribution is 9.10. The van der Waals surface area contributed by atoms with Crippen molar-refractivity contribution in [2.75, 3.05) is 12.9 Å². The molecular weight excluding hydrogens is 302 g/mol. The normalized spacial score (nSPS) is 12.6. The highest BCUT2D eigenvalue weighted by atomic mass is 79.9. The number of ether oxygens (including phenoxy) is 1. The maximum Gasteiger partial charge on any atom is 0.320 e. The van der Waals surface area contributed by atoms with Crippen LogP contribution >= 0.6 is 27.7 Å². The Balaban J connectivity index is 2.01. The number of rotatable bonds is 4. The summed E-state index contributed by atoms with van der Waals surface area (Å²) in [6.45, 7) is 0. The number of thioether (sulfide) groups is 1. The zero-order valence-corrected chi connectivity index (χ0v) is 11.7. The van der Waals surface area contributed by atoms with Gasteiger partial charge in [0.2, 0.25) is 0 Å². The molecule has 1 aromatic carbocycles. The van der Waals surface area contributed by atoms with Gasteiger partial charge in [0, 0.05) is 16.7 Å². The Morgan fingerprint density at radius 3 is 3.00 bits per heavy atom. The van der Waals surface area contributed by atoms with E-state index in [1.54, 1.807) is 11.8 Å². The average molecular weight is 314 g/mol. The first-order valence-corrected chi connectivity index (χ1v) is 7.03. The van der Waals surface area contributed by atoms with E-state index in [1.165, 1.54) is 12.5 Å². The molecule has 0 radical (unpaired) electrons. The second-order valence-corrected chi connectivity index (χ2v) is 5.69. The number of carbonyl (C=O) groups is 1. The number of benzene rings is 1. The average Bonchev–Trinajstić information content (AvgIpc) is 2.77. The van der Waals surface area contributed by atoms with Crippen LogP contribution < -0.4 is 0 Å². The van der Waals surface area contributed by atoms with Gasteiger partial charge in [-0.25, -0.2) is 0 Å². The Bertz CT molecular complexity index is 493. The fourth-order valence-electron chi connectivity index (χ4n) is 1.48. The molecule has 3 nitrogen and oxygen atoms in total. The number of halogens is 1. The molecule has 0 amide bonds. The van der Waals surface area contributed by atoms with Crippen LogP contribution in [0, 0.1) is 0 Å². The zero-order chi connectivity index (χ0) is 12.3. The Labute approximate surface area is 112 Å². The van der Waals surface area contributed by atoms with Crippen LogP contribution in [0.15, 0.2) is 35.4 Å². The van der Waals surface area contributed by atoms with Crippen LogP contribution in [-0.4, -0.2) is 28.6 Å². The summed E-state index contributed by atoms with van der Waals surface area (Å²) in [5.74, 6) is 0.396. The lowest BCUT2D eigenvalue weighted by atomic mass is 10.3. The SMILES string of the molecule is COC(=O)C(Br)CSc1cc2ccccc2[nH]1. The number of para-hydroxylation sites is 1. The molecule has 1 aromatic heterocycles. The summed E-state index contributed by atoms with van der Waals surface area (Å²) in [5.41, 5.74) is 1.11. The zero-order valence-electron chi connectivity index (χ0n) is 9.27. The number of hydrogen-bond acceptors (Lipinski definition) is 3. The lowest BCUT2D eigenvalue weighted by Gasteiger charge is -2.05. The minimum absolute atomic E-state index is 0.242. The van der Waals surface area contributed by atoms with Crippen molar-refractivity contribution in [3.63, 3.8) is 0 Å². The van der Waals surface area contributed by atoms with Crippen LogP contribution in [0.5, 0.6) is 0 Å². The molecule has 0 saturated heterocycles. The number of carbonyl (C=O) groups excluding carboxylic acids is 1. The molecule has 0 aliphatic heterocycles. The molecule has 0 fully saturated rings. The Kier molecular flexibility index (Phi) is 4.12. The molecule has 5 heteroatoms. The smallest absolute Gasteiger partial charge is 0.320 e. The first kappa shape index (κ1) is 12.5. The lowest BCUT2D eigenvalue weighted by Crippen LogP contribution is -2.17. The molecular formula is C12H12BrNO2S. The minimum Gasteiger partial charge on any atom is -0.468 e. The van der Waals surface area contributed by atoms with E-state index in [1.807, 2.05) is 18.2 Å². The van der Waals surface area contributed by atoms with E-state index < -0.39 is 0 Å². The third-order valence-corrected chi connectivity index (χ3v) is 4.50. The molecule has 2 aromatic rings. The fourth-order valence-corrected chi connectivity index (χ4v) is 2.92. The summed E-state index contributed by atoms with van der Waals surface area (Å²) in [7, 11) is 1.39. The summed E-state index contributed by atoms with van der Waals surface area (Å²) < 4.78 is 4.65. The summed E-state index contributed by atoms with van der Waals surface area (Å²) in [5, 5.41) is 2.23. The van der Waals surface area contributed by atoms with Crippen LogP contribution in [-0.2, 0) is 9.53 Å². The molecule has 0 aliphatic rings. The number of H-pyrrole nitrogens is 1. The number of aromatic nitrogens is 1. The quantitative estimate of drug-likeness (QED) is 0.535. The van der Waals surface area contributed by atoms with E-state index in [9.17, 15) is 4.79 Å². The molecule has 90 valence electrons. The van der Waals surface area contributed by atoms with Gasteiger partial charge >= 0.3 is 5.97 Å². The highest BCUT2D eigenvalue weighted by Gasteiger charge is 2.15. The predicted molar refractivity (Wildman–Crippen MR) is 73.8 cm³/mol. The maximum absolute atomic E-state index is 11.2. The van der Waals surface area contributed by atoms with Crippen molar-refractivity contribution in [2.45, 2.75) is 9.85 Å². The second kappa shape index (κ2) is 5.60. The van der Waals surface area contributed by atoms with Gasteiger partial charge < -0.3 is 9.72 Å². The summed E-state index contributed by atoms with van der Waals surface area (Å²) in [6, 6.07) is 10.2. The van der Waals surface area contributed by atoms with Gasteiger partial charge in [0.05, 0.1) is 12.1 Å². The van der Waals surface area contributed by atoms with Gasteiger partial charge in [-0.1, -0.05) is 34.1 Å². The van der Waals surface area contributed by atoms with Gasteiger partial charge in [-0.2, -0.15) is 0 Å². The molecule has 0 spiro atoms. The molecule has 17 heavy (non-hydrogen) atoms. The van der Waals surface area contributed by atoms with Crippen molar-refractivity contribution >= 4 is 44.6 Å². The summed E-state index contributed by atoms with van der Waals surface area (Å²) in [4.78, 5) is 14.2. The third kappa shape index (κ3) is 3.04. The molecule has 2 rings (SSSR count). The number of methoxy groups -OCH3 is 1. The number of aromatic amines is 1. The highest BCUT2D eigenvalue weighted by Crippen LogP contribution is 2.25. The molecule has 0 saturated carbocycles. The summed E-state index contributed by atoms with van der Waals surface area (Å²) in [6.07, 6.45) is 0. The van der Waals surface area contributed by atoms with E-state index in [-0.39, 0.29) is 10.8 Å². The van der Waals surface area contributed by atoms with E-state index in [0.717, 1.165) is 10.5 Å². The molecule has 1 atom stereocenters. The van der Waals surface area contributed by atoms with E-state index in [4.69, 9.17) is 0 Å². The van der Waals surface area contributed by atoms with Crippen LogP contribution in [0.2, 0.25) is 0 Å². The Morgan fingerprint density at radius 1 is 1.53 bits per heavy atom. The molecule has 0 aliphatic carbocycles. The second-order valence-electron chi connectivity index (χ2n) is 3.52. The molecule has 0 bridgehead atoms. The van der Waals surface area contributed by atoms with Crippen LogP contribution in [0.3, 0.4) is 0 Å². The van der Waals surface area contributed by atoms with Crippen molar-refractivity contribution in [3.8, 4) is 0 Å². The van der Waals surface area contributed by atoms with E-state index >= 15 is 0 Å². The van der Waals surface area contributed by atoms with E-state index in [2.05, 4.69) is 37.8 Å².